The first-order valence-corrected chi connectivity index (χ1v) is 5.37. The van der Waals surface area contributed by atoms with Gasteiger partial charge in [0.15, 0.2) is 11.5 Å². The van der Waals surface area contributed by atoms with Gasteiger partial charge in [-0.25, -0.2) is 10.2 Å². The van der Waals surface area contributed by atoms with E-state index in [-0.39, 0.29) is 0 Å². The molecule has 0 aliphatic carbocycles. The van der Waals surface area contributed by atoms with Crippen LogP contribution in [0.15, 0.2) is 21.7 Å². The van der Waals surface area contributed by atoms with Gasteiger partial charge in [0.25, 0.3) is 0 Å². The maximum atomic E-state index is 10.4. The van der Waals surface area contributed by atoms with Crippen LogP contribution in [-0.2, 0) is 0 Å². The highest BCUT2D eigenvalue weighted by atomic mass is 79.9. The van der Waals surface area contributed by atoms with Crippen LogP contribution in [0.2, 0.25) is 0 Å². The van der Waals surface area contributed by atoms with E-state index >= 15 is 0 Å². The van der Waals surface area contributed by atoms with Gasteiger partial charge in [-0.3, -0.25) is 0 Å². The van der Waals surface area contributed by atoms with Crippen molar-refractivity contribution < 1.29 is 14.3 Å². The average Bonchev–Trinajstić information content (AvgIpc) is 2.30. The number of nitrogens with one attached hydrogen (secondary N) is 1. The van der Waals surface area contributed by atoms with Gasteiger partial charge in [0.2, 0.25) is 0 Å². The van der Waals surface area contributed by atoms with Crippen LogP contribution in [0.4, 0.5) is 4.79 Å². The van der Waals surface area contributed by atoms with E-state index in [2.05, 4.69) is 26.5 Å². The third kappa shape index (κ3) is 3.63. The van der Waals surface area contributed by atoms with Gasteiger partial charge in [-0.1, -0.05) is 0 Å². The molecule has 92 valence electrons. The number of nitrogens with two attached hydrogens (primary N) is 1. The summed E-state index contributed by atoms with van der Waals surface area (Å²) in [5.41, 5.74) is 7.70. The highest BCUT2D eigenvalue weighted by molar-refractivity contribution is 9.10. The fraction of sp³-hybridized carbons (Fsp3) is 0.200. The summed E-state index contributed by atoms with van der Waals surface area (Å²) in [6, 6.07) is 2.73. The molecule has 0 aliphatic heterocycles. The number of ether oxygens (including phenoxy) is 2. The second-order valence-electron chi connectivity index (χ2n) is 2.96. The molecule has 1 rings (SSSR count). The van der Waals surface area contributed by atoms with Crippen LogP contribution in [0.1, 0.15) is 5.56 Å². The number of rotatable bonds is 4. The average molecular weight is 302 g/mol. The van der Waals surface area contributed by atoms with Crippen LogP contribution in [0.5, 0.6) is 11.5 Å². The van der Waals surface area contributed by atoms with Crippen molar-refractivity contribution in [2.75, 3.05) is 14.2 Å². The summed E-state index contributed by atoms with van der Waals surface area (Å²) < 4.78 is 11.0. The number of amides is 2. The molecular formula is C10H12BrN3O3. The fourth-order valence-corrected chi connectivity index (χ4v) is 1.56. The number of hydrogen-bond donors (Lipinski definition) is 2. The molecule has 0 fully saturated rings. The fourth-order valence-electron chi connectivity index (χ4n) is 1.13. The smallest absolute Gasteiger partial charge is 0.332 e. The minimum absolute atomic E-state index is 0.566. The molecule has 0 bridgehead atoms. The highest BCUT2D eigenvalue weighted by Gasteiger charge is 2.07. The molecule has 0 spiro atoms. The molecule has 6 nitrogen and oxygen atoms in total. The Hall–Kier alpha value is -1.76. The number of primary amides is 1. The second kappa shape index (κ2) is 6.09. The first-order chi connectivity index (χ1) is 8.08. The molecule has 3 N–H and O–H groups in total. The number of hydrazone groups is 1. The standard InChI is InChI=1S/C10H12BrN3O3/c1-16-8-3-6(5-13-14-10(12)15)7(11)4-9(8)17-2/h3-5H,1-2H3,(H3,12,14,15)/b13-5-. The van der Waals surface area contributed by atoms with Crippen LogP contribution in [0.25, 0.3) is 0 Å². The zero-order valence-corrected chi connectivity index (χ0v) is 10.9. The number of carbonyl (C=O) groups is 1. The van der Waals surface area contributed by atoms with E-state index < -0.39 is 6.03 Å². The van der Waals surface area contributed by atoms with Crippen LogP contribution in [-0.4, -0.2) is 26.5 Å². The Morgan fingerprint density at radius 3 is 2.53 bits per heavy atom. The molecule has 0 aromatic heterocycles. The first kappa shape index (κ1) is 13.3. The lowest BCUT2D eigenvalue weighted by molar-refractivity contribution is 0.249. The molecule has 0 radical (unpaired) electrons. The van der Waals surface area contributed by atoms with Crippen molar-refractivity contribution >= 4 is 28.2 Å². The van der Waals surface area contributed by atoms with Crippen molar-refractivity contribution in [2.24, 2.45) is 10.8 Å². The topological polar surface area (TPSA) is 85.9 Å². The number of carbonyl (C=O) groups excluding carboxylic acids is 1. The van der Waals surface area contributed by atoms with Crippen molar-refractivity contribution in [3.05, 3.63) is 22.2 Å². The molecule has 1 aromatic carbocycles. The van der Waals surface area contributed by atoms with Gasteiger partial charge in [0.05, 0.1) is 20.4 Å². The van der Waals surface area contributed by atoms with Crippen molar-refractivity contribution in [1.29, 1.82) is 0 Å². The third-order valence-electron chi connectivity index (χ3n) is 1.88. The molecule has 0 heterocycles. The third-order valence-corrected chi connectivity index (χ3v) is 2.57. The second-order valence-corrected chi connectivity index (χ2v) is 3.82. The Kier molecular flexibility index (Phi) is 4.77. The SMILES string of the molecule is COc1cc(Br)c(/C=N\NC(N)=O)cc1OC. The first-order valence-electron chi connectivity index (χ1n) is 4.58. The van der Waals surface area contributed by atoms with Crippen molar-refractivity contribution in [3.63, 3.8) is 0 Å². The van der Waals surface area contributed by atoms with Gasteiger partial charge in [0.1, 0.15) is 0 Å². The molecule has 17 heavy (non-hydrogen) atoms. The zero-order chi connectivity index (χ0) is 12.8. The van der Waals surface area contributed by atoms with Gasteiger partial charge in [-0.2, -0.15) is 5.10 Å². The quantitative estimate of drug-likeness (QED) is 0.652. The largest absolute Gasteiger partial charge is 0.493 e. The van der Waals surface area contributed by atoms with Crippen molar-refractivity contribution in [2.45, 2.75) is 0 Å². The van der Waals surface area contributed by atoms with Gasteiger partial charge in [-0.15, -0.1) is 0 Å². The Morgan fingerprint density at radius 1 is 1.41 bits per heavy atom. The summed E-state index contributed by atoms with van der Waals surface area (Å²) in [5.74, 6) is 1.16. The van der Waals surface area contributed by atoms with Gasteiger partial charge >= 0.3 is 6.03 Å². The number of urea groups is 1. The van der Waals surface area contributed by atoms with E-state index in [1.807, 2.05) is 0 Å². The van der Waals surface area contributed by atoms with E-state index in [0.717, 1.165) is 10.0 Å². The summed E-state index contributed by atoms with van der Waals surface area (Å²) in [5, 5.41) is 3.66. The van der Waals surface area contributed by atoms with Crippen molar-refractivity contribution in [1.82, 2.24) is 5.43 Å². The molecule has 7 heteroatoms. The summed E-state index contributed by atoms with van der Waals surface area (Å²) in [4.78, 5) is 10.4. The maximum absolute atomic E-state index is 10.4. The zero-order valence-electron chi connectivity index (χ0n) is 9.36. The minimum atomic E-state index is -0.724. The van der Waals surface area contributed by atoms with E-state index in [9.17, 15) is 4.79 Å². The molecule has 1 aromatic rings. The van der Waals surface area contributed by atoms with Gasteiger partial charge < -0.3 is 15.2 Å². The number of halogens is 1. The molecular weight excluding hydrogens is 290 g/mol. The lowest BCUT2D eigenvalue weighted by Gasteiger charge is -2.09. The Bertz CT molecular complexity index is 449. The van der Waals surface area contributed by atoms with Crippen molar-refractivity contribution in [3.8, 4) is 11.5 Å². The summed E-state index contributed by atoms with van der Waals surface area (Å²) in [6.45, 7) is 0. The highest BCUT2D eigenvalue weighted by Crippen LogP contribution is 2.32. The van der Waals surface area contributed by atoms with Gasteiger partial charge in [-0.05, 0) is 28.1 Å². The lowest BCUT2D eigenvalue weighted by atomic mass is 10.2. The van der Waals surface area contributed by atoms with Gasteiger partial charge in [0, 0.05) is 10.0 Å². The predicted molar refractivity (Wildman–Crippen MR) is 67.6 cm³/mol. The van der Waals surface area contributed by atoms with Crippen LogP contribution >= 0.6 is 15.9 Å². The summed E-state index contributed by atoms with van der Waals surface area (Å²) >= 11 is 3.35. The monoisotopic (exact) mass is 301 g/mol. The molecule has 0 saturated heterocycles. The Balaban J connectivity index is 3.00. The summed E-state index contributed by atoms with van der Waals surface area (Å²) in [7, 11) is 3.08. The number of methoxy groups -OCH3 is 2. The van der Waals surface area contributed by atoms with Crippen LogP contribution in [0.3, 0.4) is 0 Å². The molecule has 0 atom stereocenters. The van der Waals surface area contributed by atoms with E-state index in [1.54, 1.807) is 19.2 Å². The Morgan fingerprint density at radius 2 is 2.00 bits per heavy atom. The lowest BCUT2D eigenvalue weighted by Crippen LogP contribution is -2.24. The predicted octanol–water partition coefficient (Wildman–Crippen LogP) is 1.47. The molecule has 0 aliphatic rings. The normalized spacial score (nSPS) is 10.3. The molecule has 0 saturated carbocycles. The minimum Gasteiger partial charge on any atom is -0.493 e. The van der Waals surface area contributed by atoms with Crippen LogP contribution in [0, 0.1) is 0 Å². The molecule has 0 unspecified atom stereocenters. The van der Waals surface area contributed by atoms with E-state index in [4.69, 9.17) is 15.2 Å². The number of hydrogen-bond acceptors (Lipinski definition) is 4. The van der Waals surface area contributed by atoms with Crippen LogP contribution < -0.4 is 20.6 Å². The maximum Gasteiger partial charge on any atom is 0.332 e. The summed E-state index contributed by atoms with van der Waals surface area (Å²) in [6.07, 6.45) is 1.44. The van der Waals surface area contributed by atoms with E-state index in [0.29, 0.717) is 11.5 Å². The number of nitrogens with zero attached hydrogens (tertiary/aromatic N) is 1. The van der Waals surface area contributed by atoms with E-state index in [1.165, 1.54) is 13.3 Å². The number of benzene rings is 1. The molecule has 2 amide bonds. The Labute approximate surface area is 107 Å².